The Balaban J connectivity index is 1.59. The van der Waals surface area contributed by atoms with Gasteiger partial charge in [0.2, 0.25) is 0 Å². The molecule has 2 N–H and O–H groups in total. The minimum atomic E-state index is -0.604. The van der Waals surface area contributed by atoms with E-state index >= 15 is 0 Å². The first-order valence-electron chi connectivity index (χ1n) is 11.4. The molecule has 3 rings (SSSR count). The molecule has 0 unspecified atom stereocenters. The molecule has 1 aromatic heterocycles. The maximum absolute atomic E-state index is 13.0. The number of nitrogen functional groups attached to an aromatic ring is 1. The Morgan fingerprint density at radius 1 is 1.10 bits per heavy atom. The first-order chi connectivity index (χ1) is 14.8. The molecule has 0 bridgehead atoms. The molecule has 2 aliphatic rings. The number of hydrogen-bond donors (Lipinski definition) is 1. The Morgan fingerprint density at radius 2 is 1.74 bits per heavy atom. The maximum Gasteiger partial charge on any atom is 0.332 e. The molecule has 2 aliphatic heterocycles. The van der Waals surface area contributed by atoms with Crippen LogP contribution in [0.1, 0.15) is 43.5 Å². The largest absolute Gasteiger partial charge is 0.384 e. The van der Waals surface area contributed by atoms with Gasteiger partial charge >= 0.3 is 5.69 Å². The fraction of sp³-hybridized carbons (Fsp3) is 0.773. The van der Waals surface area contributed by atoms with E-state index in [1.165, 1.54) is 18.0 Å². The number of likely N-dealkylation sites (tertiary alicyclic amines) is 1. The highest BCUT2D eigenvalue weighted by molar-refractivity contribution is 6.01. The third-order valence-electron chi connectivity index (χ3n) is 6.44. The average Bonchev–Trinajstić information content (AvgIpc) is 2.75. The van der Waals surface area contributed by atoms with Crippen molar-refractivity contribution < 1.29 is 9.53 Å². The predicted octanol–water partition coefficient (Wildman–Crippen LogP) is 0.402. The predicted molar refractivity (Wildman–Crippen MR) is 121 cm³/mol. The van der Waals surface area contributed by atoms with Crippen LogP contribution >= 0.6 is 0 Å². The topological polar surface area (TPSA) is 103 Å². The highest BCUT2D eigenvalue weighted by atomic mass is 16.5. The smallest absolute Gasteiger partial charge is 0.332 e. The highest BCUT2D eigenvalue weighted by Gasteiger charge is 2.26. The van der Waals surface area contributed by atoms with Crippen molar-refractivity contribution in [2.75, 3.05) is 58.2 Å². The van der Waals surface area contributed by atoms with E-state index in [9.17, 15) is 14.4 Å². The van der Waals surface area contributed by atoms with Gasteiger partial charge in [-0.3, -0.25) is 28.5 Å². The lowest BCUT2D eigenvalue weighted by Gasteiger charge is -2.33. The number of ether oxygens (including phenoxy) is 1. The lowest BCUT2D eigenvalue weighted by molar-refractivity contribution is 0.0335. The number of anilines is 1. The zero-order chi connectivity index (χ0) is 22.5. The highest BCUT2D eigenvalue weighted by Crippen LogP contribution is 2.21. The van der Waals surface area contributed by atoms with Crippen LogP contribution in [0.2, 0.25) is 0 Å². The van der Waals surface area contributed by atoms with E-state index in [2.05, 4.69) is 9.80 Å². The van der Waals surface area contributed by atoms with Crippen molar-refractivity contribution in [3.8, 4) is 0 Å². The van der Waals surface area contributed by atoms with Crippen LogP contribution in [-0.2, 0) is 18.3 Å². The summed E-state index contributed by atoms with van der Waals surface area (Å²) in [7, 11) is 1.40. The summed E-state index contributed by atoms with van der Waals surface area (Å²) >= 11 is 0. The number of carbonyl (C=O) groups excluding carboxylic acids is 1. The second-order valence-corrected chi connectivity index (χ2v) is 9.30. The first-order valence-corrected chi connectivity index (χ1v) is 11.4. The van der Waals surface area contributed by atoms with Gasteiger partial charge in [-0.2, -0.15) is 0 Å². The summed E-state index contributed by atoms with van der Waals surface area (Å²) in [4.78, 5) is 42.6. The van der Waals surface area contributed by atoms with Crippen LogP contribution in [0.4, 0.5) is 5.82 Å². The quantitative estimate of drug-likeness (QED) is 0.590. The molecule has 1 aromatic rings. The Kier molecular flexibility index (Phi) is 8.07. The van der Waals surface area contributed by atoms with Crippen molar-refractivity contribution in [1.29, 1.82) is 0 Å². The van der Waals surface area contributed by atoms with E-state index in [4.69, 9.17) is 10.5 Å². The van der Waals surface area contributed by atoms with E-state index in [0.717, 1.165) is 63.3 Å². The average molecular weight is 436 g/mol. The number of ketones is 1. The summed E-state index contributed by atoms with van der Waals surface area (Å²) in [6.45, 7) is 10.9. The number of nitrogens with zero attached hydrogens (tertiary/aromatic N) is 4. The van der Waals surface area contributed by atoms with Crippen molar-refractivity contribution in [3.05, 3.63) is 26.4 Å². The normalized spacial score (nSPS) is 19.2. The third-order valence-corrected chi connectivity index (χ3v) is 6.44. The van der Waals surface area contributed by atoms with Crippen molar-refractivity contribution in [2.45, 2.75) is 39.7 Å². The van der Waals surface area contributed by atoms with E-state index in [-0.39, 0.29) is 29.6 Å². The van der Waals surface area contributed by atoms with E-state index in [1.54, 1.807) is 0 Å². The van der Waals surface area contributed by atoms with Gasteiger partial charge in [-0.25, -0.2) is 4.79 Å². The Morgan fingerprint density at radius 3 is 2.35 bits per heavy atom. The number of piperidine rings is 1. The first kappa shape index (κ1) is 23.7. The molecule has 9 heteroatoms. The molecule has 31 heavy (non-hydrogen) atoms. The molecule has 0 spiro atoms. The molecule has 0 atom stereocenters. The van der Waals surface area contributed by atoms with Gasteiger partial charge in [0.15, 0.2) is 5.78 Å². The fourth-order valence-corrected chi connectivity index (χ4v) is 4.49. The van der Waals surface area contributed by atoms with Crippen LogP contribution in [0.25, 0.3) is 0 Å². The molecule has 2 saturated heterocycles. The van der Waals surface area contributed by atoms with Gasteiger partial charge in [0.05, 0.1) is 19.8 Å². The molecule has 2 fully saturated rings. The van der Waals surface area contributed by atoms with Gasteiger partial charge in [-0.05, 0) is 50.7 Å². The zero-order valence-electron chi connectivity index (χ0n) is 19.1. The summed E-state index contributed by atoms with van der Waals surface area (Å²) in [5, 5.41) is 0. The van der Waals surface area contributed by atoms with Gasteiger partial charge in [0.1, 0.15) is 11.4 Å². The van der Waals surface area contributed by atoms with Crippen molar-refractivity contribution in [3.63, 3.8) is 0 Å². The van der Waals surface area contributed by atoms with Crippen molar-refractivity contribution >= 4 is 11.6 Å². The monoisotopic (exact) mass is 435 g/mol. The summed E-state index contributed by atoms with van der Waals surface area (Å²) in [6.07, 6.45) is 3.28. The maximum atomic E-state index is 13.0. The van der Waals surface area contributed by atoms with Crippen LogP contribution in [0.15, 0.2) is 9.59 Å². The van der Waals surface area contributed by atoms with Gasteiger partial charge in [0, 0.05) is 26.7 Å². The molecule has 0 saturated carbocycles. The Bertz CT molecular complexity index is 877. The SMILES string of the molecule is CC(C)Cn1c(N)c(C(=O)CN2CCC(CCN3CCOCC3)CC2)c(=O)n(C)c1=O. The lowest BCUT2D eigenvalue weighted by atomic mass is 9.93. The standard InChI is InChI=1S/C22H37N5O4/c1-16(2)14-27-20(23)19(21(29)24(3)22(27)30)18(28)15-26-8-5-17(6-9-26)4-7-25-10-12-31-13-11-25/h16-17H,4-15,23H2,1-3H3. The number of aromatic nitrogens is 2. The molecule has 0 aliphatic carbocycles. The van der Waals surface area contributed by atoms with Crippen LogP contribution < -0.4 is 17.0 Å². The van der Waals surface area contributed by atoms with Crippen LogP contribution in [0, 0.1) is 11.8 Å². The summed E-state index contributed by atoms with van der Waals surface area (Å²) in [5.41, 5.74) is 5.00. The second kappa shape index (κ2) is 10.6. The summed E-state index contributed by atoms with van der Waals surface area (Å²) < 4.78 is 7.74. The van der Waals surface area contributed by atoms with Crippen molar-refractivity contribution in [1.82, 2.24) is 18.9 Å². The van der Waals surface area contributed by atoms with Crippen LogP contribution in [0.3, 0.4) is 0 Å². The number of morpholine rings is 1. The lowest BCUT2D eigenvalue weighted by Crippen LogP contribution is -2.45. The number of hydrogen-bond acceptors (Lipinski definition) is 7. The summed E-state index contributed by atoms with van der Waals surface area (Å²) in [6, 6.07) is 0. The van der Waals surface area contributed by atoms with Gasteiger partial charge < -0.3 is 10.5 Å². The number of carbonyl (C=O) groups is 1. The molecule has 9 nitrogen and oxygen atoms in total. The van der Waals surface area contributed by atoms with Crippen LogP contribution in [0.5, 0.6) is 0 Å². The van der Waals surface area contributed by atoms with E-state index in [1.807, 2.05) is 13.8 Å². The van der Waals surface area contributed by atoms with Gasteiger partial charge in [-0.15, -0.1) is 0 Å². The summed E-state index contributed by atoms with van der Waals surface area (Å²) in [5.74, 6) is 0.520. The van der Waals surface area contributed by atoms with Crippen LogP contribution in [-0.4, -0.2) is 77.2 Å². The molecule has 174 valence electrons. The molecular formula is C22H37N5O4. The molecule has 0 aromatic carbocycles. The molecule has 3 heterocycles. The number of rotatable bonds is 8. The van der Waals surface area contributed by atoms with Crippen molar-refractivity contribution in [2.24, 2.45) is 18.9 Å². The Hall–Kier alpha value is -1.97. The zero-order valence-corrected chi connectivity index (χ0v) is 19.1. The number of Topliss-reactive ketones (excluding diaryl/α,β-unsaturated/α-hetero) is 1. The van der Waals surface area contributed by atoms with Gasteiger partial charge in [0.25, 0.3) is 5.56 Å². The third kappa shape index (κ3) is 5.84. The van der Waals surface area contributed by atoms with E-state index < -0.39 is 11.2 Å². The minimum Gasteiger partial charge on any atom is -0.384 e. The molecular weight excluding hydrogens is 398 g/mol. The molecule has 0 amide bonds. The van der Waals surface area contributed by atoms with E-state index in [0.29, 0.717) is 12.5 Å². The fourth-order valence-electron chi connectivity index (χ4n) is 4.49. The minimum absolute atomic E-state index is 0.00722. The Labute approximate surface area is 183 Å². The van der Waals surface area contributed by atoms with Gasteiger partial charge in [-0.1, -0.05) is 13.8 Å². The molecule has 0 radical (unpaired) electrons. The number of nitrogens with two attached hydrogens (primary N) is 1. The second-order valence-electron chi connectivity index (χ2n) is 9.30.